The highest BCUT2D eigenvalue weighted by molar-refractivity contribution is 7.02. The number of halogens is 10. The Bertz CT molecular complexity index is 1380. The van der Waals surface area contributed by atoms with Gasteiger partial charge in [-0.05, 0) is 12.1 Å². The number of hydrogen-bond donors (Lipinski definition) is 0. The predicted octanol–water partition coefficient (Wildman–Crippen LogP) is 6.59. The topological polar surface area (TPSA) is 3.88 Å². The van der Waals surface area contributed by atoms with Crippen molar-refractivity contribution in [3.63, 3.8) is 0 Å². The summed E-state index contributed by atoms with van der Waals surface area (Å²) >= 11 is 0. The van der Waals surface area contributed by atoms with Crippen molar-refractivity contribution < 1.29 is 48.4 Å². The van der Waals surface area contributed by atoms with Crippen LogP contribution in [0.4, 0.5) is 43.9 Å². The van der Waals surface area contributed by atoms with Gasteiger partial charge >= 0.3 is 6.28 Å². The maximum atomic E-state index is 15.3. The number of pyridine rings is 1. The molecule has 1 atom stereocenters. The van der Waals surface area contributed by atoms with Gasteiger partial charge in [-0.1, -0.05) is 38.1 Å². The van der Waals surface area contributed by atoms with E-state index in [0.29, 0.717) is 0 Å². The van der Waals surface area contributed by atoms with Crippen molar-refractivity contribution in [2.24, 2.45) is 0 Å². The number of rotatable bonds is 5. The molecule has 198 valence electrons. The summed E-state index contributed by atoms with van der Waals surface area (Å²) in [5.74, 6) is -23.5. The van der Waals surface area contributed by atoms with Crippen molar-refractivity contribution in [3.05, 3.63) is 99.5 Å². The lowest BCUT2D eigenvalue weighted by atomic mass is 9.27. The molecule has 0 aliphatic rings. The van der Waals surface area contributed by atoms with Crippen molar-refractivity contribution in [2.45, 2.75) is 33.4 Å². The number of hydrogen-bond acceptors (Lipinski definition) is 0. The Morgan fingerprint density at radius 2 is 0.946 bits per heavy atom. The van der Waals surface area contributed by atoms with Crippen LogP contribution in [0.5, 0.6) is 0 Å². The highest BCUT2D eigenvalue weighted by atomic mass is 28.3. The molecule has 0 unspecified atom stereocenters. The zero-order valence-electron chi connectivity index (χ0n) is 20.2. The smallest absolute Gasteiger partial charge is 0.335 e. The lowest BCUT2D eigenvalue weighted by molar-refractivity contribution is -0.541. The van der Waals surface area contributed by atoms with Gasteiger partial charge in [-0.3, -0.25) is 0 Å². The largest absolute Gasteiger partial charge is 0.419 e. The highest BCUT2D eigenvalue weighted by Crippen LogP contribution is 2.38. The van der Waals surface area contributed by atoms with Crippen LogP contribution in [0.2, 0.25) is 26.5 Å². The fourth-order valence-corrected chi connectivity index (χ4v) is 5.66. The van der Waals surface area contributed by atoms with Crippen molar-refractivity contribution in [3.8, 4) is 0 Å². The quantitative estimate of drug-likeness (QED) is 0.146. The van der Waals surface area contributed by atoms with Crippen LogP contribution in [0.3, 0.4) is 0 Å². The summed E-state index contributed by atoms with van der Waals surface area (Å²) in [4.78, 5) is 0. The lowest BCUT2D eigenvalue weighted by Gasteiger charge is -2.39. The second-order valence-corrected chi connectivity index (χ2v) is 15.0. The first-order valence-corrected chi connectivity index (χ1v) is 14.4. The third kappa shape index (κ3) is 4.36. The lowest BCUT2D eigenvalue weighted by Crippen LogP contribution is -2.73. The molecule has 13 heteroatoms. The molecule has 0 fully saturated rings. The summed E-state index contributed by atoms with van der Waals surface area (Å²) in [5.41, 5.74) is -3.77. The number of aromatic nitrogens is 1. The van der Waals surface area contributed by atoms with E-state index in [9.17, 15) is 26.3 Å². The van der Waals surface area contributed by atoms with Crippen LogP contribution in [0.15, 0.2) is 35.8 Å². The van der Waals surface area contributed by atoms with E-state index in [2.05, 4.69) is 0 Å². The van der Waals surface area contributed by atoms with Gasteiger partial charge in [0.25, 0.3) is 0 Å². The van der Waals surface area contributed by atoms with Crippen LogP contribution in [-0.4, -0.2) is 14.4 Å². The molecule has 0 saturated carbocycles. The molecule has 0 aliphatic carbocycles. The van der Waals surface area contributed by atoms with Crippen LogP contribution >= 0.6 is 0 Å². The van der Waals surface area contributed by atoms with Crippen molar-refractivity contribution >= 4 is 25.3 Å². The third-order valence-corrected chi connectivity index (χ3v) is 9.23. The first-order chi connectivity index (χ1) is 17.0. The second-order valence-electron chi connectivity index (χ2n) is 9.78. The van der Waals surface area contributed by atoms with Gasteiger partial charge in [0, 0.05) is 5.56 Å². The zero-order valence-corrected chi connectivity index (χ0v) is 21.2. The Morgan fingerprint density at radius 1 is 0.595 bits per heavy atom. The van der Waals surface area contributed by atoms with Gasteiger partial charge in [0.15, 0.2) is 40.7 Å². The van der Waals surface area contributed by atoms with Crippen molar-refractivity contribution in [2.75, 3.05) is 0 Å². The molecule has 2 aromatic carbocycles. The fraction of sp³-hybridized carbons (Fsp3) is 0.208. The third-order valence-electron chi connectivity index (χ3n) is 6.71. The molecule has 3 rings (SSSR count). The standard InChI is InChI=1S/C24H20BF10NSi/c1-11(37(3,4)5)13(12-15(26)19(30)23(34)20(31)16(12)27)25(2,36-9-7-6-8-10-36)14-17(28)21(32)24(35)22(33)18(14)29/h6-10H,1-5H3/b13-11-/t25-/m0/s1. The molecule has 0 amide bonds. The van der Waals surface area contributed by atoms with Crippen molar-refractivity contribution in [1.82, 2.24) is 0 Å². The number of allylic oxidation sites excluding steroid dienone is 1. The molecule has 37 heavy (non-hydrogen) atoms. The maximum Gasteiger partial charge on any atom is 0.335 e. The van der Waals surface area contributed by atoms with Crippen molar-refractivity contribution in [1.29, 1.82) is 0 Å². The summed E-state index contributed by atoms with van der Waals surface area (Å²) in [7, 11) is -2.85. The van der Waals surface area contributed by atoms with Crippen LogP contribution in [0, 0.1) is 58.2 Å². The van der Waals surface area contributed by atoms with Crippen LogP contribution in [0.25, 0.3) is 5.47 Å². The Hall–Kier alpha value is -3.09. The van der Waals surface area contributed by atoms with Gasteiger partial charge in [0.2, 0.25) is 5.82 Å². The Balaban J connectivity index is 2.74. The first-order valence-electron chi connectivity index (χ1n) is 10.9. The van der Waals surface area contributed by atoms with Crippen LogP contribution in [-0.2, 0) is 0 Å². The van der Waals surface area contributed by atoms with E-state index in [4.69, 9.17) is 0 Å². The van der Waals surface area contributed by atoms with E-state index in [0.717, 1.165) is 23.7 Å². The summed E-state index contributed by atoms with van der Waals surface area (Å²) in [5, 5.41) is -0.00139. The van der Waals surface area contributed by atoms with Gasteiger partial charge < -0.3 is 4.48 Å². The Kier molecular flexibility index (Phi) is 7.43. The summed E-state index contributed by atoms with van der Waals surface area (Å²) in [6.07, 6.45) is -1.41. The SMILES string of the molecule is C/C(=C(\c1c(F)c(F)c(F)c(F)c1F)[B@@-](C)(c1c(F)c(F)c(F)c(F)c1F)[n+]1ccccc1)[Si](C)(C)C. The highest BCUT2D eigenvalue weighted by Gasteiger charge is 2.48. The molecule has 0 saturated heterocycles. The minimum atomic E-state index is -3.67. The molecule has 0 N–H and O–H groups in total. The number of benzene rings is 2. The van der Waals surface area contributed by atoms with Gasteiger partial charge in [-0.15, -0.1) is 17.5 Å². The average molecular weight is 551 g/mol. The zero-order chi connectivity index (χ0) is 28.2. The van der Waals surface area contributed by atoms with Gasteiger partial charge in [0.05, 0.1) is 8.07 Å². The fourth-order valence-electron chi connectivity index (χ4n) is 4.45. The van der Waals surface area contributed by atoms with Crippen LogP contribution < -0.4 is 9.94 Å². The molecule has 0 radical (unpaired) electrons. The molecule has 0 spiro atoms. The monoisotopic (exact) mass is 551 g/mol. The van der Waals surface area contributed by atoms with E-state index in [1.165, 1.54) is 25.1 Å². The van der Waals surface area contributed by atoms with E-state index < -0.39 is 89.0 Å². The average Bonchev–Trinajstić information content (AvgIpc) is 2.86. The van der Waals surface area contributed by atoms with E-state index in [1.54, 1.807) is 19.6 Å². The van der Waals surface area contributed by atoms with E-state index in [-0.39, 0.29) is 5.20 Å². The summed E-state index contributed by atoms with van der Waals surface area (Å²) in [6, 6.07) is 4.02. The van der Waals surface area contributed by atoms with E-state index in [1.807, 2.05) is 0 Å². The molecule has 1 nitrogen and oxygen atoms in total. The van der Waals surface area contributed by atoms with Gasteiger partial charge in [0.1, 0.15) is 24.0 Å². The Labute approximate surface area is 207 Å². The minimum Gasteiger partial charge on any atom is -0.419 e. The molecule has 0 bridgehead atoms. The molecule has 3 aromatic rings. The normalized spacial score (nSPS) is 14.5. The first kappa shape index (κ1) is 28.5. The predicted molar refractivity (Wildman–Crippen MR) is 122 cm³/mol. The molecule has 0 aliphatic heterocycles. The molecular weight excluding hydrogens is 531 g/mol. The summed E-state index contributed by atoms with van der Waals surface area (Å²) < 4.78 is 147. The minimum absolute atomic E-state index is 0.00139. The molecule has 1 aromatic heterocycles. The molecule has 1 heterocycles. The van der Waals surface area contributed by atoms with E-state index >= 15 is 17.6 Å². The van der Waals surface area contributed by atoms with Crippen LogP contribution in [0.1, 0.15) is 12.5 Å². The second kappa shape index (κ2) is 9.66. The molecular formula is C24H20BF10NSi. The number of nitrogens with zero attached hydrogens (tertiary/aromatic N) is 1. The van der Waals surface area contributed by atoms with Gasteiger partial charge in [-0.25, -0.2) is 43.9 Å². The van der Waals surface area contributed by atoms with Gasteiger partial charge in [-0.2, -0.15) is 0 Å². The Morgan fingerprint density at radius 3 is 1.32 bits per heavy atom. The maximum absolute atomic E-state index is 15.3. The summed E-state index contributed by atoms with van der Waals surface area (Å²) in [6.45, 7) is 7.04.